The lowest BCUT2D eigenvalue weighted by Crippen LogP contribution is -2.04. The van der Waals surface area contributed by atoms with Gasteiger partial charge >= 0.3 is 0 Å². The Morgan fingerprint density at radius 1 is 1.29 bits per heavy atom. The fraction of sp³-hybridized carbons (Fsp3) is 0.400. The van der Waals surface area contributed by atoms with Crippen LogP contribution in [0.3, 0.4) is 0 Å². The fourth-order valence-corrected chi connectivity index (χ4v) is 1.41. The van der Waals surface area contributed by atoms with E-state index >= 15 is 0 Å². The van der Waals surface area contributed by atoms with Crippen LogP contribution >= 0.6 is 0 Å². The van der Waals surface area contributed by atoms with Gasteiger partial charge in [0.15, 0.2) is 6.39 Å². The molecule has 2 atom stereocenters. The number of aromatic nitrogens is 2. The molecular formula is C10H12N2O2. The minimum Gasteiger partial charge on any atom is -0.451 e. The normalized spacial score (nSPS) is 15.3. The van der Waals surface area contributed by atoms with Crippen LogP contribution in [0, 0.1) is 0 Å². The molecule has 0 N–H and O–H groups in total. The summed E-state index contributed by atoms with van der Waals surface area (Å²) in [5.41, 5.74) is 0.939. The first-order chi connectivity index (χ1) is 6.79. The van der Waals surface area contributed by atoms with Gasteiger partial charge in [-0.15, -0.1) is 0 Å². The highest BCUT2D eigenvalue weighted by Crippen LogP contribution is 2.30. The summed E-state index contributed by atoms with van der Waals surface area (Å²) in [6.07, 6.45) is 4.76. The molecule has 2 aromatic rings. The summed E-state index contributed by atoms with van der Waals surface area (Å²) in [5, 5.41) is 3.69. The van der Waals surface area contributed by atoms with Crippen molar-refractivity contribution in [3.8, 4) is 0 Å². The summed E-state index contributed by atoms with van der Waals surface area (Å²) in [6.45, 7) is 4.17. The van der Waals surface area contributed by atoms with Crippen molar-refractivity contribution >= 4 is 0 Å². The Hall–Kier alpha value is -1.58. The first-order valence-corrected chi connectivity index (χ1v) is 4.57. The topological polar surface area (TPSA) is 52.1 Å². The monoisotopic (exact) mass is 192 g/mol. The van der Waals surface area contributed by atoms with E-state index in [1.807, 2.05) is 6.07 Å². The van der Waals surface area contributed by atoms with Crippen molar-refractivity contribution in [2.45, 2.75) is 25.7 Å². The molecule has 4 heteroatoms. The van der Waals surface area contributed by atoms with Crippen LogP contribution in [0.25, 0.3) is 0 Å². The van der Waals surface area contributed by atoms with Crippen LogP contribution in [-0.4, -0.2) is 10.1 Å². The van der Waals surface area contributed by atoms with Crippen LogP contribution in [0.2, 0.25) is 0 Å². The van der Waals surface area contributed by atoms with Gasteiger partial charge in [0.2, 0.25) is 0 Å². The number of nitrogens with zero attached hydrogens (tertiary/aromatic N) is 2. The zero-order valence-electron chi connectivity index (χ0n) is 8.18. The molecule has 2 unspecified atom stereocenters. The molecule has 0 aliphatic carbocycles. The third kappa shape index (κ3) is 1.55. The van der Waals surface area contributed by atoms with Gasteiger partial charge in [-0.05, 0) is 0 Å². The van der Waals surface area contributed by atoms with E-state index in [-0.39, 0.29) is 11.8 Å². The molecule has 0 saturated heterocycles. The summed E-state index contributed by atoms with van der Waals surface area (Å²) in [4.78, 5) is 4.12. The molecule has 0 amide bonds. The predicted molar refractivity (Wildman–Crippen MR) is 49.8 cm³/mol. The summed E-state index contributed by atoms with van der Waals surface area (Å²) in [5.74, 6) is 1.39. The Labute approximate surface area is 81.9 Å². The van der Waals surface area contributed by atoms with Crippen LogP contribution in [0.1, 0.15) is 37.1 Å². The second-order valence-electron chi connectivity index (χ2n) is 3.41. The standard InChI is InChI=1S/C10H12N2O2/c1-7(9-5-13-6-11-9)8(2)10-3-4-12-14-10/h3-8H,1-2H3. The van der Waals surface area contributed by atoms with Crippen LogP contribution in [0.4, 0.5) is 0 Å². The molecule has 0 aromatic carbocycles. The molecule has 0 fully saturated rings. The van der Waals surface area contributed by atoms with Gasteiger partial charge in [-0.1, -0.05) is 19.0 Å². The summed E-state index contributed by atoms with van der Waals surface area (Å²) < 4.78 is 10.1. The summed E-state index contributed by atoms with van der Waals surface area (Å²) >= 11 is 0. The molecule has 14 heavy (non-hydrogen) atoms. The minimum absolute atomic E-state index is 0.252. The van der Waals surface area contributed by atoms with E-state index in [1.54, 1.807) is 12.5 Å². The van der Waals surface area contributed by atoms with Gasteiger partial charge in [-0.3, -0.25) is 0 Å². The van der Waals surface area contributed by atoms with Gasteiger partial charge < -0.3 is 8.94 Å². The van der Waals surface area contributed by atoms with Gasteiger partial charge in [0.25, 0.3) is 0 Å². The lowest BCUT2D eigenvalue weighted by molar-refractivity contribution is 0.352. The highest BCUT2D eigenvalue weighted by Gasteiger charge is 2.20. The van der Waals surface area contributed by atoms with E-state index < -0.39 is 0 Å². The minimum atomic E-state index is 0.252. The number of hydrogen-bond donors (Lipinski definition) is 0. The third-order valence-electron chi connectivity index (χ3n) is 2.57. The Bertz CT molecular complexity index is 328. The first-order valence-electron chi connectivity index (χ1n) is 4.57. The smallest absolute Gasteiger partial charge is 0.180 e. The van der Waals surface area contributed by atoms with Crippen molar-refractivity contribution in [3.63, 3.8) is 0 Å². The van der Waals surface area contributed by atoms with Crippen molar-refractivity contribution in [1.82, 2.24) is 10.1 Å². The van der Waals surface area contributed by atoms with E-state index in [4.69, 9.17) is 8.94 Å². The quantitative estimate of drug-likeness (QED) is 0.749. The number of rotatable bonds is 3. The van der Waals surface area contributed by atoms with E-state index in [0.29, 0.717) is 0 Å². The van der Waals surface area contributed by atoms with Crippen molar-refractivity contribution < 1.29 is 8.94 Å². The van der Waals surface area contributed by atoms with Crippen LogP contribution in [-0.2, 0) is 0 Å². The average Bonchev–Trinajstić information content (AvgIpc) is 2.87. The second kappa shape index (κ2) is 3.65. The summed E-state index contributed by atoms with van der Waals surface area (Å²) in [6, 6.07) is 1.88. The fourth-order valence-electron chi connectivity index (χ4n) is 1.41. The van der Waals surface area contributed by atoms with Crippen molar-refractivity contribution in [3.05, 3.63) is 36.4 Å². The van der Waals surface area contributed by atoms with E-state index in [0.717, 1.165) is 11.5 Å². The SMILES string of the molecule is CC(c1cocn1)C(C)c1ccno1. The molecule has 4 nitrogen and oxygen atoms in total. The second-order valence-corrected chi connectivity index (χ2v) is 3.41. The lowest BCUT2D eigenvalue weighted by atomic mass is 9.91. The first kappa shape index (κ1) is 8.99. The molecule has 2 heterocycles. The van der Waals surface area contributed by atoms with E-state index in [9.17, 15) is 0 Å². The van der Waals surface area contributed by atoms with Gasteiger partial charge in [0.1, 0.15) is 12.0 Å². The average molecular weight is 192 g/mol. The van der Waals surface area contributed by atoms with Gasteiger partial charge in [-0.25, -0.2) is 4.98 Å². The van der Waals surface area contributed by atoms with Crippen LogP contribution in [0.15, 0.2) is 33.9 Å². The molecule has 0 aliphatic rings. The molecule has 0 saturated carbocycles. The highest BCUT2D eigenvalue weighted by atomic mass is 16.5. The molecule has 0 spiro atoms. The maximum absolute atomic E-state index is 5.11. The maximum Gasteiger partial charge on any atom is 0.180 e. The van der Waals surface area contributed by atoms with Crippen molar-refractivity contribution in [2.24, 2.45) is 0 Å². The number of hydrogen-bond acceptors (Lipinski definition) is 4. The molecule has 0 radical (unpaired) electrons. The van der Waals surface area contributed by atoms with E-state index in [2.05, 4.69) is 24.0 Å². The van der Waals surface area contributed by atoms with Gasteiger partial charge in [0, 0.05) is 17.9 Å². The molecule has 2 aromatic heterocycles. The van der Waals surface area contributed by atoms with Gasteiger partial charge in [0.05, 0.1) is 11.9 Å². The third-order valence-corrected chi connectivity index (χ3v) is 2.57. The molecule has 2 rings (SSSR count). The zero-order valence-corrected chi connectivity index (χ0v) is 8.18. The Morgan fingerprint density at radius 3 is 2.71 bits per heavy atom. The Balaban J connectivity index is 2.16. The maximum atomic E-state index is 5.11. The van der Waals surface area contributed by atoms with E-state index in [1.165, 1.54) is 6.39 Å². The van der Waals surface area contributed by atoms with Crippen LogP contribution in [0.5, 0.6) is 0 Å². The lowest BCUT2D eigenvalue weighted by Gasteiger charge is -2.13. The Kier molecular flexibility index (Phi) is 2.35. The predicted octanol–water partition coefficient (Wildman–Crippen LogP) is 2.57. The molecule has 0 aliphatic heterocycles. The largest absolute Gasteiger partial charge is 0.451 e. The molecule has 0 bridgehead atoms. The van der Waals surface area contributed by atoms with Gasteiger partial charge in [-0.2, -0.15) is 0 Å². The van der Waals surface area contributed by atoms with Crippen molar-refractivity contribution in [2.75, 3.05) is 0 Å². The Morgan fingerprint density at radius 2 is 2.14 bits per heavy atom. The number of oxazole rings is 1. The highest BCUT2D eigenvalue weighted by molar-refractivity contribution is 5.11. The summed E-state index contributed by atoms with van der Waals surface area (Å²) in [7, 11) is 0. The molecule has 74 valence electrons. The zero-order chi connectivity index (χ0) is 9.97. The van der Waals surface area contributed by atoms with Crippen LogP contribution < -0.4 is 0 Å². The van der Waals surface area contributed by atoms with Crippen molar-refractivity contribution in [1.29, 1.82) is 0 Å². The molecular weight excluding hydrogens is 180 g/mol.